The molecule has 0 saturated heterocycles. The van der Waals surface area contributed by atoms with Crippen molar-refractivity contribution in [1.82, 2.24) is 14.9 Å². The number of fused-ring (bicyclic) bond motifs is 1. The van der Waals surface area contributed by atoms with Crippen LogP contribution >= 0.6 is 11.8 Å². The van der Waals surface area contributed by atoms with Crippen LogP contribution in [-0.4, -0.2) is 39.4 Å². The van der Waals surface area contributed by atoms with Crippen LogP contribution in [0.2, 0.25) is 0 Å². The highest BCUT2D eigenvalue weighted by Gasteiger charge is 2.29. The fourth-order valence-corrected chi connectivity index (χ4v) is 3.68. The first-order chi connectivity index (χ1) is 14.1. The van der Waals surface area contributed by atoms with E-state index in [9.17, 15) is 10.1 Å². The van der Waals surface area contributed by atoms with Gasteiger partial charge in [0.05, 0.1) is 23.9 Å². The Labute approximate surface area is 181 Å². The van der Waals surface area contributed by atoms with E-state index in [0.29, 0.717) is 41.9 Å². The van der Waals surface area contributed by atoms with Crippen molar-refractivity contribution in [1.29, 1.82) is 5.26 Å². The number of hydrogen-bond donors (Lipinski definition) is 0. The minimum Gasteiger partial charge on any atom is -0.444 e. The molecule has 2 aromatic rings. The van der Waals surface area contributed by atoms with Crippen molar-refractivity contribution in [3.05, 3.63) is 40.1 Å². The summed E-state index contributed by atoms with van der Waals surface area (Å²) in [5.74, 6) is 1.20. The summed E-state index contributed by atoms with van der Waals surface area (Å²) in [4.78, 5) is 23.4. The lowest BCUT2D eigenvalue weighted by Gasteiger charge is -2.31. The maximum Gasteiger partial charge on any atom is 0.410 e. The molecule has 7 nitrogen and oxygen atoms in total. The van der Waals surface area contributed by atoms with Gasteiger partial charge in [0.1, 0.15) is 11.4 Å². The van der Waals surface area contributed by atoms with Gasteiger partial charge in [0.25, 0.3) is 0 Å². The van der Waals surface area contributed by atoms with Gasteiger partial charge in [-0.2, -0.15) is 10.2 Å². The number of aromatic nitrogens is 2. The maximum absolute atomic E-state index is 12.5. The molecule has 8 heteroatoms. The molecule has 30 heavy (non-hydrogen) atoms. The molecule has 0 unspecified atom stereocenters. The lowest BCUT2D eigenvalue weighted by Crippen LogP contribution is -2.40. The smallest absolute Gasteiger partial charge is 0.410 e. The molecule has 158 valence electrons. The minimum absolute atomic E-state index is 0.348. The zero-order valence-corrected chi connectivity index (χ0v) is 19.0. The normalized spacial score (nSPS) is 13.4. The number of hydrogen-bond acceptors (Lipinski definition) is 7. The highest BCUT2D eigenvalue weighted by Crippen LogP contribution is 2.34. The van der Waals surface area contributed by atoms with Gasteiger partial charge in [0.15, 0.2) is 5.16 Å². The molecule has 1 aliphatic rings. The highest BCUT2D eigenvalue weighted by molar-refractivity contribution is 7.98. The van der Waals surface area contributed by atoms with E-state index >= 15 is 0 Å². The predicted octanol–water partition coefficient (Wildman–Crippen LogP) is 4.77. The Morgan fingerprint density at radius 1 is 1.23 bits per heavy atom. The molecule has 0 radical (unpaired) electrons. The Hall–Kier alpha value is -2.79. The molecule has 0 aliphatic carbocycles. The summed E-state index contributed by atoms with van der Waals surface area (Å²) in [6.07, 6.45) is 2.13. The summed E-state index contributed by atoms with van der Waals surface area (Å²) in [5, 5.41) is 9.76. The highest BCUT2D eigenvalue weighted by atomic mass is 32.2. The van der Waals surface area contributed by atoms with Crippen molar-refractivity contribution in [2.75, 3.05) is 12.8 Å². The van der Waals surface area contributed by atoms with Crippen molar-refractivity contribution < 1.29 is 14.3 Å². The van der Waals surface area contributed by atoms with E-state index in [1.807, 2.05) is 40.9 Å². The molecule has 1 aromatic heterocycles. The van der Waals surface area contributed by atoms with Crippen LogP contribution in [0, 0.1) is 25.2 Å². The van der Waals surface area contributed by atoms with Crippen LogP contribution in [0.1, 0.15) is 48.7 Å². The Morgan fingerprint density at radius 2 is 1.90 bits per heavy atom. The van der Waals surface area contributed by atoms with Crippen molar-refractivity contribution >= 4 is 17.9 Å². The second kappa shape index (κ2) is 8.52. The third kappa shape index (κ3) is 4.85. The van der Waals surface area contributed by atoms with E-state index in [4.69, 9.17) is 9.47 Å². The Balaban J connectivity index is 1.93. The monoisotopic (exact) mass is 426 g/mol. The van der Waals surface area contributed by atoms with Crippen LogP contribution in [0.25, 0.3) is 0 Å². The van der Waals surface area contributed by atoms with Gasteiger partial charge in [-0.15, -0.1) is 0 Å². The quantitative estimate of drug-likeness (QED) is 0.516. The summed E-state index contributed by atoms with van der Waals surface area (Å²) in [7, 11) is 0. The largest absolute Gasteiger partial charge is 0.444 e. The average molecular weight is 427 g/mol. The van der Waals surface area contributed by atoms with Gasteiger partial charge < -0.3 is 14.4 Å². The number of thioether (sulfide) groups is 1. The van der Waals surface area contributed by atoms with Crippen LogP contribution in [0.15, 0.2) is 17.3 Å². The Bertz CT molecular complexity index is 1000. The zero-order chi connectivity index (χ0) is 22.1. The number of nitrogens with zero attached hydrogens (tertiary/aromatic N) is 4. The summed E-state index contributed by atoms with van der Waals surface area (Å²) in [6.45, 7) is 10.2. The summed E-state index contributed by atoms with van der Waals surface area (Å²) >= 11 is 1.42. The predicted molar refractivity (Wildman–Crippen MR) is 115 cm³/mol. The molecular weight excluding hydrogens is 400 g/mol. The number of aryl methyl sites for hydroxylation is 2. The van der Waals surface area contributed by atoms with Gasteiger partial charge >= 0.3 is 6.09 Å². The second-order valence-corrected chi connectivity index (χ2v) is 9.02. The van der Waals surface area contributed by atoms with E-state index in [-0.39, 0.29) is 6.09 Å². The van der Waals surface area contributed by atoms with E-state index in [1.54, 1.807) is 17.0 Å². The summed E-state index contributed by atoms with van der Waals surface area (Å²) < 4.78 is 11.8. The number of benzene rings is 1. The first kappa shape index (κ1) is 21.9. The second-order valence-electron chi connectivity index (χ2n) is 8.25. The van der Waals surface area contributed by atoms with Crippen molar-refractivity contribution in [2.24, 2.45) is 0 Å². The molecule has 1 aliphatic heterocycles. The van der Waals surface area contributed by atoms with Gasteiger partial charge in [0.2, 0.25) is 5.88 Å². The van der Waals surface area contributed by atoms with Crippen LogP contribution in [0.5, 0.6) is 11.6 Å². The van der Waals surface area contributed by atoms with Gasteiger partial charge in [-0.3, -0.25) is 0 Å². The summed E-state index contributed by atoms with van der Waals surface area (Å²) in [6, 6.07) is 5.77. The van der Waals surface area contributed by atoms with Crippen LogP contribution in [-0.2, 0) is 17.7 Å². The molecule has 1 amide bonds. The molecule has 0 atom stereocenters. The Kier molecular flexibility index (Phi) is 6.22. The molecule has 0 spiro atoms. The third-order valence-corrected chi connectivity index (χ3v) is 5.18. The Morgan fingerprint density at radius 3 is 2.47 bits per heavy atom. The van der Waals surface area contributed by atoms with Crippen LogP contribution in [0.4, 0.5) is 4.79 Å². The van der Waals surface area contributed by atoms with Crippen molar-refractivity contribution in [3.8, 4) is 17.7 Å². The SMILES string of the molecule is CSc1nc2c(c(Oc3c(C)cc(C#N)cc3C)n1)CCN(C(=O)OC(C)(C)C)C2. The molecule has 0 saturated carbocycles. The molecule has 0 N–H and O–H groups in total. The molecule has 2 heterocycles. The summed E-state index contributed by atoms with van der Waals surface area (Å²) in [5.41, 5.74) is 3.46. The number of carbonyl (C=O) groups is 1. The molecular formula is C22H26N4O3S. The molecule has 0 bridgehead atoms. The fraction of sp³-hybridized carbons (Fsp3) is 0.455. The van der Waals surface area contributed by atoms with Crippen LogP contribution < -0.4 is 4.74 Å². The number of carbonyl (C=O) groups excluding carboxylic acids is 1. The number of nitriles is 1. The standard InChI is InChI=1S/C22H26N4O3S/c1-13-9-15(11-23)10-14(2)18(13)28-19-16-7-8-26(21(27)29-22(3,4)5)12-17(16)24-20(25-19)30-6/h9-10H,7-8,12H2,1-6H3. The van der Waals surface area contributed by atoms with Gasteiger partial charge in [0, 0.05) is 12.1 Å². The molecule has 3 rings (SSSR count). The van der Waals surface area contributed by atoms with Gasteiger partial charge in [-0.1, -0.05) is 11.8 Å². The fourth-order valence-electron chi connectivity index (χ4n) is 3.30. The van der Waals surface area contributed by atoms with E-state index in [2.05, 4.69) is 16.0 Å². The first-order valence-electron chi connectivity index (χ1n) is 9.72. The average Bonchev–Trinajstić information content (AvgIpc) is 2.68. The van der Waals surface area contributed by atoms with Crippen molar-refractivity contribution in [3.63, 3.8) is 0 Å². The maximum atomic E-state index is 12.5. The number of rotatable bonds is 3. The van der Waals surface area contributed by atoms with E-state index in [1.165, 1.54) is 11.8 Å². The molecule has 0 fully saturated rings. The van der Waals surface area contributed by atoms with Crippen LogP contribution in [0.3, 0.4) is 0 Å². The lowest BCUT2D eigenvalue weighted by atomic mass is 10.1. The van der Waals surface area contributed by atoms with Gasteiger partial charge in [-0.25, -0.2) is 9.78 Å². The number of ether oxygens (including phenoxy) is 2. The minimum atomic E-state index is -0.549. The van der Waals surface area contributed by atoms with E-state index in [0.717, 1.165) is 22.4 Å². The topological polar surface area (TPSA) is 88.3 Å². The van der Waals surface area contributed by atoms with Gasteiger partial charge in [-0.05, 0) is 70.6 Å². The van der Waals surface area contributed by atoms with Crippen molar-refractivity contribution in [2.45, 2.75) is 58.3 Å². The zero-order valence-electron chi connectivity index (χ0n) is 18.2. The van der Waals surface area contributed by atoms with E-state index < -0.39 is 5.60 Å². The lowest BCUT2D eigenvalue weighted by molar-refractivity contribution is 0.0219. The molecule has 1 aromatic carbocycles. The first-order valence-corrected chi connectivity index (χ1v) is 10.9. The number of amides is 1. The third-order valence-electron chi connectivity index (χ3n) is 4.63.